The predicted molar refractivity (Wildman–Crippen MR) is 67.3 cm³/mol. The minimum Gasteiger partial charge on any atom is -0.324 e. The number of aryl methyl sites for hydroxylation is 1. The van der Waals surface area contributed by atoms with Crippen molar-refractivity contribution < 1.29 is 8.78 Å². The highest BCUT2D eigenvalue weighted by atomic mass is 19.1. The normalized spacial score (nSPS) is 18.2. The molecule has 1 aromatic carbocycles. The number of nitrogens with zero attached hydrogens (tertiary/aromatic N) is 2. The van der Waals surface area contributed by atoms with Gasteiger partial charge in [0.1, 0.15) is 11.6 Å². The Kier molecular flexibility index (Phi) is 2.98. The molecule has 5 heteroatoms. The molecule has 1 heterocycles. The summed E-state index contributed by atoms with van der Waals surface area (Å²) in [5.41, 5.74) is 8.15. The van der Waals surface area contributed by atoms with Crippen LogP contribution in [0.15, 0.2) is 24.4 Å². The Morgan fingerprint density at radius 3 is 2.63 bits per heavy atom. The summed E-state index contributed by atoms with van der Waals surface area (Å²) in [4.78, 5) is 8.56. The number of hydrogen-bond acceptors (Lipinski definition) is 3. The van der Waals surface area contributed by atoms with E-state index in [2.05, 4.69) is 9.97 Å². The molecule has 1 atom stereocenters. The Balaban J connectivity index is 2.06. The summed E-state index contributed by atoms with van der Waals surface area (Å²) in [5, 5.41) is 0. The zero-order valence-corrected chi connectivity index (χ0v) is 10.2. The molecule has 0 bridgehead atoms. The molecule has 1 aliphatic carbocycles. The van der Waals surface area contributed by atoms with Gasteiger partial charge in [-0.2, -0.15) is 0 Å². The maximum absolute atomic E-state index is 13.2. The van der Waals surface area contributed by atoms with Crippen molar-refractivity contribution in [1.29, 1.82) is 0 Å². The van der Waals surface area contributed by atoms with E-state index in [0.29, 0.717) is 11.4 Å². The lowest BCUT2D eigenvalue weighted by Gasteiger charge is -2.21. The predicted octanol–water partition coefficient (Wildman–Crippen LogP) is 2.76. The van der Waals surface area contributed by atoms with E-state index < -0.39 is 11.6 Å². The SMILES string of the molecule is NC1CCCc2nc(-c3cc(F)cc(F)c3)ncc21. The molecule has 19 heavy (non-hydrogen) atoms. The summed E-state index contributed by atoms with van der Waals surface area (Å²) in [6.45, 7) is 0. The Hall–Kier alpha value is -1.88. The molecule has 98 valence electrons. The summed E-state index contributed by atoms with van der Waals surface area (Å²) >= 11 is 0. The molecule has 0 spiro atoms. The van der Waals surface area contributed by atoms with Crippen LogP contribution in [-0.4, -0.2) is 9.97 Å². The molecule has 1 unspecified atom stereocenters. The van der Waals surface area contributed by atoms with Crippen LogP contribution in [0.3, 0.4) is 0 Å². The fourth-order valence-electron chi connectivity index (χ4n) is 2.40. The average molecular weight is 261 g/mol. The van der Waals surface area contributed by atoms with Gasteiger partial charge in [-0.25, -0.2) is 18.7 Å². The smallest absolute Gasteiger partial charge is 0.159 e. The fraction of sp³-hybridized carbons (Fsp3) is 0.286. The molecular weight excluding hydrogens is 248 g/mol. The second-order valence-electron chi connectivity index (χ2n) is 4.75. The maximum Gasteiger partial charge on any atom is 0.159 e. The topological polar surface area (TPSA) is 51.8 Å². The summed E-state index contributed by atoms with van der Waals surface area (Å²) in [7, 11) is 0. The van der Waals surface area contributed by atoms with Crippen LogP contribution in [0.25, 0.3) is 11.4 Å². The lowest BCUT2D eigenvalue weighted by molar-refractivity contribution is 0.556. The van der Waals surface area contributed by atoms with E-state index in [1.807, 2.05) is 0 Å². The molecule has 1 aliphatic rings. The Labute approximate surface area is 109 Å². The molecule has 3 nitrogen and oxygen atoms in total. The maximum atomic E-state index is 13.2. The lowest BCUT2D eigenvalue weighted by atomic mass is 9.93. The molecule has 0 amide bonds. The Morgan fingerprint density at radius 2 is 1.89 bits per heavy atom. The zero-order valence-electron chi connectivity index (χ0n) is 10.2. The molecular formula is C14H13F2N3. The van der Waals surface area contributed by atoms with Crippen molar-refractivity contribution in [3.05, 3.63) is 47.3 Å². The molecule has 0 radical (unpaired) electrons. The molecule has 2 N–H and O–H groups in total. The van der Waals surface area contributed by atoms with E-state index in [9.17, 15) is 8.78 Å². The second-order valence-corrected chi connectivity index (χ2v) is 4.75. The molecule has 1 aromatic heterocycles. The van der Waals surface area contributed by atoms with Crippen molar-refractivity contribution in [3.8, 4) is 11.4 Å². The van der Waals surface area contributed by atoms with E-state index in [4.69, 9.17) is 5.73 Å². The molecule has 0 fully saturated rings. The monoisotopic (exact) mass is 261 g/mol. The highest BCUT2D eigenvalue weighted by Gasteiger charge is 2.19. The van der Waals surface area contributed by atoms with Crippen LogP contribution in [0, 0.1) is 11.6 Å². The van der Waals surface area contributed by atoms with Gasteiger partial charge >= 0.3 is 0 Å². The van der Waals surface area contributed by atoms with Gasteiger partial charge in [0.2, 0.25) is 0 Å². The Bertz CT molecular complexity index is 608. The van der Waals surface area contributed by atoms with E-state index in [-0.39, 0.29) is 6.04 Å². The third-order valence-electron chi connectivity index (χ3n) is 3.35. The minimum absolute atomic E-state index is 0.0398. The van der Waals surface area contributed by atoms with Crippen LogP contribution in [0.4, 0.5) is 8.78 Å². The van der Waals surface area contributed by atoms with Crippen molar-refractivity contribution in [3.63, 3.8) is 0 Å². The first-order valence-electron chi connectivity index (χ1n) is 6.21. The van der Waals surface area contributed by atoms with Gasteiger partial charge < -0.3 is 5.73 Å². The van der Waals surface area contributed by atoms with E-state index >= 15 is 0 Å². The van der Waals surface area contributed by atoms with Crippen molar-refractivity contribution in [2.75, 3.05) is 0 Å². The van der Waals surface area contributed by atoms with Gasteiger partial charge in [0.05, 0.1) is 0 Å². The zero-order chi connectivity index (χ0) is 13.4. The molecule has 2 aromatic rings. The molecule has 0 aliphatic heterocycles. The summed E-state index contributed by atoms with van der Waals surface area (Å²) < 4.78 is 26.4. The van der Waals surface area contributed by atoms with Gasteiger partial charge in [-0.3, -0.25) is 0 Å². The average Bonchev–Trinajstić information content (AvgIpc) is 2.37. The third kappa shape index (κ3) is 2.33. The van der Waals surface area contributed by atoms with Crippen LogP contribution < -0.4 is 5.73 Å². The summed E-state index contributed by atoms with van der Waals surface area (Å²) in [6.07, 6.45) is 4.40. The highest BCUT2D eigenvalue weighted by Crippen LogP contribution is 2.28. The van der Waals surface area contributed by atoms with Gasteiger partial charge in [-0.1, -0.05) is 0 Å². The number of fused-ring (bicyclic) bond motifs is 1. The number of halogens is 2. The third-order valence-corrected chi connectivity index (χ3v) is 3.35. The van der Waals surface area contributed by atoms with Crippen molar-refractivity contribution >= 4 is 0 Å². The van der Waals surface area contributed by atoms with Gasteiger partial charge in [-0.15, -0.1) is 0 Å². The van der Waals surface area contributed by atoms with Gasteiger partial charge in [0.25, 0.3) is 0 Å². The largest absolute Gasteiger partial charge is 0.324 e. The first-order chi connectivity index (χ1) is 9.13. The van der Waals surface area contributed by atoms with Gasteiger partial charge in [0.15, 0.2) is 5.82 Å². The highest BCUT2D eigenvalue weighted by molar-refractivity contribution is 5.55. The standard InChI is InChI=1S/C14H13F2N3/c15-9-4-8(5-10(16)6-9)14-18-7-11-12(17)2-1-3-13(11)19-14/h4-7,12H,1-3,17H2. The quantitative estimate of drug-likeness (QED) is 0.858. The van der Waals surface area contributed by atoms with Crippen LogP contribution in [-0.2, 0) is 6.42 Å². The van der Waals surface area contributed by atoms with Crippen molar-refractivity contribution in [2.24, 2.45) is 5.73 Å². The van der Waals surface area contributed by atoms with Gasteiger partial charge in [0, 0.05) is 35.1 Å². The molecule has 0 saturated carbocycles. The van der Waals surface area contributed by atoms with Gasteiger partial charge in [-0.05, 0) is 31.4 Å². The number of hydrogen-bond donors (Lipinski definition) is 1. The number of aromatic nitrogens is 2. The molecule has 0 saturated heterocycles. The van der Waals surface area contributed by atoms with E-state index in [1.54, 1.807) is 6.20 Å². The van der Waals surface area contributed by atoms with Crippen molar-refractivity contribution in [2.45, 2.75) is 25.3 Å². The number of rotatable bonds is 1. The van der Waals surface area contributed by atoms with E-state index in [0.717, 1.165) is 36.6 Å². The van der Waals surface area contributed by atoms with Crippen LogP contribution in [0.2, 0.25) is 0 Å². The first kappa shape index (κ1) is 12.2. The van der Waals surface area contributed by atoms with Crippen LogP contribution in [0.1, 0.15) is 30.1 Å². The second kappa shape index (κ2) is 4.66. The summed E-state index contributed by atoms with van der Waals surface area (Å²) in [5.74, 6) is -0.924. The van der Waals surface area contributed by atoms with Crippen molar-refractivity contribution in [1.82, 2.24) is 9.97 Å². The summed E-state index contributed by atoms with van der Waals surface area (Å²) in [6, 6.07) is 3.25. The van der Waals surface area contributed by atoms with E-state index in [1.165, 1.54) is 12.1 Å². The van der Waals surface area contributed by atoms with Crippen LogP contribution >= 0.6 is 0 Å². The minimum atomic E-state index is -0.631. The first-order valence-corrected chi connectivity index (χ1v) is 6.21. The lowest BCUT2D eigenvalue weighted by Crippen LogP contribution is -2.19. The Morgan fingerprint density at radius 1 is 1.16 bits per heavy atom. The van der Waals surface area contributed by atoms with Crippen LogP contribution in [0.5, 0.6) is 0 Å². The molecule has 3 rings (SSSR count). The fourth-order valence-corrected chi connectivity index (χ4v) is 2.40. The number of benzene rings is 1. The number of nitrogens with two attached hydrogens (primary N) is 1.